The molecule has 0 bridgehead atoms. The van der Waals surface area contributed by atoms with Crippen LogP contribution in [0.1, 0.15) is 71.7 Å². The zero-order chi connectivity index (χ0) is 23.9. The van der Waals surface area contributed by atoms with Gasteiger partial charge in [0.15, 0.2) is 0 Å². The van der Waals surface area contributed by atoms with Crippen molar-refractivity contribution in [3.63, 3.8) is 0 Å². The second-order valence-corrected chi connectivity index (χ2v) is 10.5. The quantitative estimate of drug-likeness (QED) is 0.719. The summed E-state index contributed by atoms with van der Waals surface area (Å²) in [6.45, 7) is 14.1. The van der Waals surface area contributed by atoms with E-state index in [-0.39, 0.29) is 23.5 Å². The monoisotopic (exact) mass is 448 g/mol. The Morgan fingerprint density at radius 2 is 1.69 bits per heavy atom. The molecule has 2 amide bonds. The van der Waals surface area contributed by atoms with Gasteiger partial charge in [0.1, 0.15) is 11.4 Å². The van der Waals surface area contributed by atoms with Gasteiger partial charge in [-0.05, 0) is 79.5 Å². The van der Waals surface area contributed by atoms with E-state index in [4.69, 9.17) is 14.0 Å². The van der Waals surface area contributed by atoms with Crippen LogP contribution in [0.2, 0.25) is 0 Å². The summed E-state index contributed by atoms with van der Waals surface area (Å²) in [5.74, 6) is -0.774. The van der Waals surface area contributed by atoms with E-state index < -0.39 is 29.7 Å². The number of nitrogens with zero attached hydrogens (tertiary/aromatic N) is 1. The molecule has 2 heterocycles. The smallest absolute Gasteiger partial charge is 0.444 e. The topological polar surface area (TPSA) is 77.1 Å². The minimum Gasteiger partial charge on any atom is -0.444 e. The van der Waals surface area contributed by atoms with E-state index in [0.29, 0.717) is 31.5 Å². The Kier molecular flexibility index (Phi) is 6.64. The summed E-state index contributed by atoms with van der Waals surface area (Å²) < 4.78 is 31.8. The molecule has 2 saturated heterocycles. The first kappa shape index (κ1) is 24.5. The molecule has 176 valence electrons. The lowest BCUT2D eigenvalue weighted by Gasteiger charge is -2.33. The Morgan fingerprint density at radius 1 is 1.12 bits per heavy atom. The van der Waals surface area contributed by atoms with E-state index in [1.165, 1.54) is 18.2 Å². The van der Waals surface area contributed by atoms with Crippen molar-refractivity contribution in [1.82, 2.24) is 10.2 Å². The molecule has 2 aliphatic heterocycles. The molecule has 0 aromatic heterocycles. The predicted octanol–water partition coefficient (Wildman–Crippen LogP) is 3.25. The molecular formula is C23H34BFN2O5. The highest BCUT2D eigenvalue weighted by atomic mass is 19.1. The Bertz CT molecular complexity index is 860. The van der Waals surface area contributed by atoms with Crippen molar-refractivity contribution in [3.8, 4) is 0 Å². The number of halogens is 1. The maximum Gasteiger partial charge on any atom is 0.497 e. The first-order chi connectivity index (χ1) is 14.7. The van der Waals surface area contributed by atoms with Crippen LogP contribution in [0.4, 0.5) is 9.18 Å². The molecule has 9 heteroatoms. The first-order valence-electron chi connectivity index (χ1n) is 11.1. The summed E-state index contributed by atoms with van der Waals surface area (Å²) in [6.07, 6.45) is 0.903. The predicted molar refractivity (Wildman–Crippen MR) is 120 cm³/mol. The number of amides is 2. The average Bonchev–Trinajstić information content (AvgIpc) is 2.88. The van der Waals surface area contributed by atoms with Crippen molar-refractivity contribution in [2.24, 2.45) is 0 Å². The number of ether oxygens (including phenoxy) is 1. The van der Waals surface area contributed by atoms with Gasteiger partial charge in [-0.15, -0.1) is 0 Å². The summed E-state index contributed by atoms with van der Waals surface area (Å²) in [4.78, 5) is 26.7. The van der Waals surface area contributed by atoms with Crippen LogP contribution in [0.3, 0.4) is 0 Å². The third-order valence-corrected chi connectivity index (χ3v) is 6.25. The van der Waals surface area contributed by atoms with Crippen LogP contribution in [0.5, 0.6) is 0 Å². The number of hydrogen-bond acceptors (Lipinski definition) is 5. The Balaban J connectivity index is 1.61. The van der Waals surface area contributed by atoms with Gasteiger partial charge in [-0.2, -0.15) is 0 Å². The van der Waals surface area contributed by atoms with Crippen LogP contribution in [0, 0.1) is 5.82 Å². The molecule has 0 aliphatic carbocycles. The molecule has 1 N–H and O–H groups in total. The van der Waals surface area contributed by atoms with Gasteiger partial charge < -0.3 is 24.3 Å². The van der Waals surface area contributed by atoms with Gasteiger partial charge in [0, 0.05) is 30.2 Å². The van der Waals surface area contributed by atoms with E-state index in [0.717, 1.165) is 0 Å². The van der Waals surface area contributed by atoms with Gasteiger partial charge >= 0.3 is 13.2 Å². The van der Waals surface area contributed by atoms with Crippen LogP contribution < -0.4 is 10.8 Å². The number of benzene rings is 1. The fourth-order valence-electron chi connectivity index (χ4n) is 3.64. The minimum atomic E-state index is -0.884. The molecule has 0 saturated carbocycles. The number of hydrogen-bond donors (Lipinski definition) is 1. The molecule has 0 atom stereocenters. The Hall–Kier alpha value is -2.13. The largest absolute Gasteiger partial charge is 0.497 e. The van der Waals surface area contributed by atoms with E-state index in [2.05, 4.69) is 5.32 Å². The van der Waals surface area contributed by atoms with Crippen molar-refractivity contribution in [2.75, 3.05) is 13.1 Å². The van der Waals surface area contributed by atoms with Crippen molar-refractivity contribution >= 4 is 24.6 Å². The number of carbonyl (C=O) groups excluding carboxylic acids is 2. The average molecular weight is 448 g/mol. The van der Waals surface area contributed by atoms with E-state index >= 15 is 0 Å². The van der Waals surface area contributed by atoms with Crippen LogP contribution in [0.25, 0.3) is 0 Å². The highest BCUT2D eigenvalue weighted by molar-refractivity contribution is 6.62. The second-order valence-electron chi connectivity index (χ2n) is 10.5. The standard InChI is InChI=1S/C23H34BFN2O5/c1-21(2,3)30-20(29)27-12-10-16(11-13-27)26-19(28)15-8-9-18(25)17(14-15)24-31-22(4,5)23(6,7)32-24/h8-9,14,16H,10-13H2,1-7H3,(H,26,28). The molecule has 0 spiro atoms. The van der Waals surface area contributed by atoms with E-state index in [1.807, 2.05) is 48.5 Å². The third kappa shape index (κ3) is 5.43. The Labute approximate surface area is 190 Å². The molecule has 2 fully saturated rings. The van der Waals surface area contributed by atoms with Gasteiger partial charge in [-0.1, -0.05) is 0 Å². The molecular weight excluding hydrogens is 414 g/mol. The van der Waals surface area contributed by atoms with Crippen molar-refractivity contribution < 1.29 is 28.0 Å². The second kappa shape index (κ2) is 8.67. The van der Waals surface area contributed by atoms with Crippen LogP contribution >= 0.6 is 0 Å². The number of piperidine rings is 1. The SMILES string of the molecule is CC(C)(C)OC(=O)N1CCC(NC(=O)c2ccc(F)c(B3OC(C)(C)C(C)(C)O3)c2)CC1. The van der Waals surface area contributed by atoms with Crippen LogP contribution in [-0.2, 0) is 14.0 Å². The van der Waals surface area contributed by atoms with Crippen LogP contribution in [-0.4, -0.2) is 60.0 Å². The molecule has 32 heavy (non-hydrogen) atoms. The zero-order valence-electron chi connectivity index (χ0n) is 20.1. The molecule has 0 radical (unpaired) electrons. The Morgan fingerprint density at radius 3 is 2.22 bits per heavy atom. The zero-order valence-corrected chi connectivity index (χ0v) is 20.1. The number of nitrogens with one attached hydrogen (secondary N) is 1. The van der Waals surface area contributed by atoms with E-state index in [9.17, 15) is 14.0 Å². The fraction of sp³-hybridized carbons (Fsp3) is 0.652. The molecule has 2 aliphatic rings. The summed E-state index contributed by atoms with van der Waals surface area (Å²) in [5.41, 5.74) is -1.21. The summed E-state index contributed by atoms with van der Waals surface area (Å²) in [5, 5.41) is 2.99. The highest BCUT2D eigenvalue weighted by Gasteiger charge is 2.52. The maximum atomic E-state index is 14.5. The summed E-state index contributed by atoms with van der Waals surface area (Å²) >= 11 is 0. The summed E-state index contributed by atoms with van der Waals surface area (Å²) in [7, 11) is -0.884. The van der Waals surface area contributed by atoms with Gasteiger partial charge in [0.25, 0.3) is 5.91 Å². The number of likely N-dealkylation sites (tertiary alicyclic amines) is 1. The van der Waals surface area contributed by atoms with Gasteiger partial charge in [0.2, 0.25) is 0 Å². The first-order valence-corrected chi connectivity index (χ1v) is 11.1. The summed E-state index contributed by atoms with van der Waals surface area (Å²) in [6, 6.07) is 4.13. The molecule has 1 aromatic rings. The van der Waals surface area contributed by atoms with Crippen molar-refractivity contribution in [3.05, 3.63) is 29.6 Å². The van der Waals surface area contributed by atoms with Gasteiger partial charge in [0.05, 0.1) is 11.2 Å². The van der Waals surface area contributed by atoms with Gasteiger partial charge in [-0.3, -0.25) is 4.79 Å². The molecule has 7 nitrogen and oxygen atoms in total. The third-order valence-electron chi connectivity index (χ3n) is 6.25. The minimum absolute atomic E-state index is 0.0773. The highest BCUT2D eigenvalue weighted by Crippen LogP contribution is 2.36. The number of rotatable bonds is 3. The molecule has 3 rings (SSSR count). The lowest BCUT2D eigenvalue weighted by molar-refractivity contribution is 0.00578. The molecule has 1 aromatic carbocycles. The van der Waals surface area contributed by atoms with Gasteiger partial charge in [-0.25, -0.2) is 9.18 Å². The number of carbonyl (C=O) groups is 2. The lowest BCUT2D eigenvalue weighted by atomic mass is 9.78. The van der Waals surface area contributed by atoms with Crippen molar-refractivity contribution in [2.45, 2.75) is 84.2 Å². The van der Waals surface area contributed by atoms with E-state index in [1.54, 1.807) is 4.90 Å². The fourth-order valence-corrected chi connectivity index (χ4v) is 3.64. The van der Waals surface area contributed by atoms with Crippen molar-refractivity contribution in [1.29, 1.82) is 0 Å². The molecule has 0 unspecified atom stereocenters. The normalized spacial score (nSPS) is 20.9. The maximum absolute atomic E-state index is 14.5. The lowest BCUT2D eigenvalue weighted by Crippen LogP contribution is -2.48. The van der Waals surface area contributed by atoms with Crippen LogP contribution in [0.15, 0.2) is 18.2 Å².